The second kappa shape index (κ2) is 14.8. The quantitative estimate of drug-likeness (QED) is 0.198. The number of allylic oxidation sites excluding steroid dienone is 2. The first-order valence-corrected chi connectivity index (χ1v) is 19.8. The predicted octanol–water partition coefficient (Wildman–Crippen LogP) is 1.55. The topological polar surface area (TPSA) is 205 Å². The smallest absolute Gasteiger partial charge is 0.187 e. The molecule has 0 amide bonds. The van der Waals surface area contributed by atoms with Crippen molar-refractivity contribution >= 4 is 5.78 Å². The Kier molecular flexibility index (Phi) is 11.1. The van der Waals surface area contributed by atoms with Crippen LogP contribution in [0.25, 0.3) is 0 Å². The van der Waals surface area contributed by atoms with E-state index in [-0.39, 0.29) is 40.5 Å². The number of hydrogen-bond donors (Lipinski definition) is 7. The van der Waals surface area contributed by atoms with Crippen molar-refractivity contribution in [3.05, 3.63) is 11.6 Å². The third kappa shape index (κ3) is 6.56. The third-order valence-electron chi connectivity index (χ3n) is 15.1. The van der Waals surface area contributed by atoms with E-state index in [0.717, 1.165) is 44.9 Å². The minimum Gasteiger partial charge on any atom is -0.394 e. The van der Waals surface area contributed by atoms with Gasteiger partial charge in [-0.25, -0.2) is 0 Å². The SMILES string of the molecule is C[C@H]([C@@H]1CC[C@@H](C)[C@H](O)O1)[C@H]1CC[C@@H]2C3=CC(=O)[C@H]4C[C@@H](O[C@@H]5O[C@H](CO)[C@@H](O)[C@H](O)[C@H]5O[C@H]5O[C@@H](C)[C@H](O)[C@@H](O)[C@H]5O)CC[C@]4(C)[C@H]3CC[C@@]21C. The van der Waals surface area contributed by atoms with Crippen LogP contribution in [0.3, 0.4) is 0 Å². The van der Waals surface area contributed by atoms with Crippen molar-refractivity contribution < 1.29 is 64.2 Å². The van der Waals surface area contributed by atoms with E-state index >= 15 is 0 Å². The van der Waals surface area contributed by atoms with E-state index in [4.69, 9.17) is 23.7 Å². The molecular formula is C39H62O13. The van der Waals surface area contributed by atoms with Crippen molar-refractivity contribution in [3.8, 4) is 0 Å². The normalized spacial score (nSPS) is 54.5. The largest absolute Gasteiger partial charge is 0.394 e. The lowest BCUT2D eigenvalue weighted by atomic mass is 9.47. The highest BCUT2D eigenvalue weighted by atomic mass is 16.8. The number of carbonyl (C=O) groups is 1. The van der Waals surface area contributed by atoms with E-state index in [2.05, 4.69) is 20.8 Å². The molecule has 0 aromatic carbocycles. The Labute approximate surface area is 306 Å². The molecule has 0 aromatic heterocycles. The molecule has 3 aliphatic heterocycles. The van der Waals surface area contributed by atoms with E-state index in [1.165, 1.54) is 12.5 Å². The van der Waals surface area contributed by atoms with E-state index in [1.54, 1.807) is 0 Å². The van der Waals surface area contributed by atoms with E-state index in [9.17, 15) is 40.5 Å². The molecule has 3 heterocycles. The summed E-state index contributed by atoms with van der Waals surface area (Å²) in [6.07, 6.45) is -5.20. The van der Waals surface area contributed by atoms with Crippen LogP contribution in [0, 0.1) is 46.3 Å². The van der Waals surface area contributed by atoms with Crippen molar-refractivity contribution in [2.24, 2.45) is 46.3 Å². The second-order valence-electron chi connectivity index (χ2n) is 17.9. The van der Waals surface area contributed by atoms with Gasteiger partial charge in [0.25, 0.3) is 0 Å². The van der Waals surface area contributed by atoms with Gasteiger partial charge in [0.2, 0.25) is 0 Å². The van der Waals surface area contributed by atoms with Crippen LogP contribution in [-0.4, -0.2) is 128 Å². The summed E-state index contributed by atoms with van der Waals surface area (Å²) in [5.74, 6) is 1.36. The van der Waals surface area contributed by atoms with Crippen molar-refractivity contribution in [1.82, 2.24) is 0 Å². The number of rotatable bonds is 7. The molecule has 3 saturated carbocycles. The van der Waals surface area contributed by atoms with Crippen LogP contribution >= 0.6 is 0 Å². The molecule has 0 bridgehead atoms. The van der Waals surface area contributed by atoms with Gasteiger partial charge >= 0.3 is 0 Å². The molecule has 13 heteroatoms. The zero-order chi connectivity index (χ0) is 37.4. The van der Waals surface area contributed by atoms with Crippen LogP contribution < -0.4 is 0 Å². The van der Waals surface area contributed by atoms with Gasteiger partial charge in [-0.3, -0.25) is 4.79 Å². The van der Waals surface area contributed by atoms with Gasteiger partial charge < -0.3 is 59.4 Å². The summed E-state index contributed by atoms with van der Waals surface area (Å²) in [5.41, 5.74) is 1.12. The van der Waals surface area contributed by atoms with Crippen molar-refractivity contribution in [2.75, 3.05) is 6.61 Å². The van der Waals surface area contributed by atoms with Crippen LogP contribution in [0.2, 0.25) is 0 Å². The molecule has 7 aliphatic rings. The summed E-state index contributed by atoms with van der Waals surface area (Å²) in [5, 5.41) is 73.3. The maximum Gasteiger partial charge on any atom is 0.187 e. The molecule has 6 fully saturated rings. The van der Waals surface area contributed by atoms with Crippen molar-refractivity contribution in [1.29, 1.82) is 0 Å². The Bertz CT molecular complexity index is 1330. The third-order valence-corrected chi connectivity index (χ3v) is 15.1. The summed E-state index contributed by atoms with van der Waals surface area (Å²) in [6.45, 7) is 9.92. The van der Waals surface area contributed by atoms with Gasteiger partial charge in [-0.05, 0) is 105 Å². The number of aliphatic hydroxyl groups excluding tert-OH is 7. The van der Waals surface area contributed by atoms with Gasteiger partial charge in [0.05, 0.1) is 24.9 Å². The fourth-order valence-electron chi connectivity index (χ4n) is 11.7. The molecule has 7 N–H and O–H groups in total. The lowest BCUT2D eigenvalue weighted by molar-refractivity contribution is -0.370. The second-order valence-corrected chi connectivity index (χ2v) is 17.9. The van der Waals surface area contributed by atoms with Crippen molar-refractivity contribution in [2.45, 2.75) is 172 Å². The molecular weight excluding hydrogens is 676 g/mol. The number of ether oxygens (including phenoxy) is 5. The molecule has 13 nitrogen and oxygen atoms in total. The fraction of sp³-hybridized carbons (Fsp3) is 0.923. The highest BCUT2D eigenvalue weighted by Gasteiger charge is 2.61. The standard InChI is InChI=1S/C39H62O13/c1-17-6-9-27(50-35(17)47)18(2)22-7-8-23-21-15-26(41)25-14-20(10-12-39(25,5)24(21)11-13-38(22,23)4)49-37-34(32(45)30(43)28(16-40)51-37)52-36-33(46)31(44)29(42)19(3)48-36/h15,17-20,22-25,27-37,40,42-47H,6-14,16H2,1-5H3/t17-,18+,19+,20+,22-,23-,24+,25-,27+,28-,29+,30-,31-,32+,33-,34-,35-,36-,37-,38-,39-/m1/s1. The summed E-state index contributed by atoms with van der Waals surface area (Å²) in [7, 11) is 0. The summed E-state index contributed by atoms with van der Waals surface area (Å²) in [6, 6.07) is 0. The number of aliphatic hydroxyl groups is 7. The molecule has 0 radical (unpaired) electrons. The van der Waals surface area contributed by atoms with Gasteiger partial charge in [0, 0.05) is 11.8 Å². The molecule has 0 unspecified atom stereocenters. The summed E-state index contributed by atoms with van der Waals surface area (Å²) in [4.78, 5) is 14.2. The first-order valence-electron chi connectivity index (χ1n) is 19.8. The molecule has 296 valence electrons. The Morgan fingerprint density at radius 2 is 1.48 bits per heavy atom. The average Bonchev–Trinajstić information content (AvgIpc) is 3.47. The zero-order valence-corrected chi connectivity index (χ0v) is 31.2. The van der Waals surface area contributed by atoms with Crippen LogP contribution in [-0.2, 0) is 28.5 Å². The predicted molar refractivity (Wildman–Crippen MR) is 184 cm³/mol. The molecule has 52 heavy (non-hydrogen) atoms. The lowest BCUT2D eigenvalue weighted by Crippen LogP contribution is -2.64. The molecule has 21 atom stereocenters. The first kappa shape index (κ1) is 39.2. The summed E-state index contributed by atoms with van der Waals surface area (Å²) < 4.78 is 30.0. The van der Waals surface area contributed by atoms with Gasteiger partial charge in [-0.2, -0.15) is 0 Å². The lowest BCUT2D eigenvalue weighted by Gasteiger charge is -2.57. The molecule has 0 spiro atoms. The highest BCUT2D eigenvalue weighted by Crippen LogP contribution is 2.67. The monoisotopic (exact) mass is 738 g/mol. The van der Waals surface area contributed by atoms with Gasteiger partial charge in [-0.15, -0.1) is 0 Å². The molecule has 3 saturated heterocycles. The van der Waals surface area contributed by atoms with Gasteiger partial charge in [0.1, 0.15) is 42.7 Å². The van der Waals surface area contributed by atoms with Crippen LogP contribution in [0.1, 0.15) is 92.4 Å². The maximum atomic E-state index is 14.2. The van der Waals surface area contributed by atoms with Crippen LogP contribution in [0.5, 0.6) is 0 Å². The Morgan fingerprint density at radius 1 is 0.769 bits per heavy atom. The molecule has 4 aliphatic carbocycles. The molecule has 0 aromatic rings. The minimum atomic E-state index is -1.66. The molecule has 7 rings (SSSR count). The zero-order valence-electron chi connectivity index (χ0n) is 31.2. The Balaban J connectivity index is 1.06. The van der Waals surface area contributed by atoms with E-state index in [1.807, 2.05) is 13.0 Å². The first-order chi connectivity index (χ1) is 24.6. The van der Waals surface area contributed by atoms with Crippen LogP contribution in [0.15, 0.2) is 11.6 Å². The van der Waals surface area contributed by atoms with Crippen LogP contribution in [0.4, 0.5) is 0 Å². The fourth-order valence-corrected chi connectivity index (χ4v) is 11.7. The van der Waals surface area contributed by atoms with E-state index < -0.39 is 80.4 Å². The Morgan fingerprint density at radius 3 is 2.19 bits per heavy atom. The number of hydrogen-bond acceptors (Lipinski definition) is 13. The number of fused-ring (bicyclic) bond motifs is 5. The number of ketones is 1. The number of carbonyl (C=O) groups excluding carboxylic acids is 1. The Hall–Kier alpha value is -1.07. The van der Waals surface area contributed by atoms with E-state index in [0.29, 0.717) is 30.6 Å². The van der Waals surface area contributed by atoms with Crippen molar-refractivity contribution in [3.63, 3.8) is 0 Å². The average molecular weight is 739 g/mol. The highest BCUT2D eigenvalue weighted by molar-refractivity contribution is 5.94. The van der Waals surface area contributed by atoms with Gasteiger partial charge in [0.15, 0.2) is 24.7 Å². The maximum absolute atomic E-state index is 14.2. The minimum absolute atomic E-state index is 0.0436. The van der Waals surface area contributed by atoms with Gasteiger partial charge in [-0.1, -0.05) is 33.3 Å². The summed E-state index contributed by atoms with van der Waals surface area (Å²) >= 11 is 0.